The van der Waals surface area contributed by atoms with Crippen LogP contribution in [0.3, 0.4) is 0 Å². The van der Waals surface area contributed by atoms with Gasteiger partial charge in [0.25, 0.3) is 0 Å². The number of benzene rings is 1. The molecular formula is C25H25N7O2. The van der Waals surface area contributed by atoms with Crippen molar-refractivity contribution in [3.63, 3.8) is 0 Å². The summed E-state index contributed by atoms with van der Waals surface area (Å²) in [5.41, 5.74) is 10.3. The van der Waals surface area contributed by atoms with Gasteiger partial charge in [0.05, 0.1) is 5.39 Å². The van der Waals surface area contributed by atoms with Crippen LogP contribution in [0.2, 0.25) is 0 Å². The van der Waals surface area contributed by atoms with Crippen LogP contribution in [0.5, 0.6) is 11.8 Å². The molecule has 2 N–H and O–H groups in total. The Morgan fingerprint density at radius 3 is 2.68 bits per heavy atom. The van der Waals surface area contributed by atoms with Crippen molar-refractivity contribution >= 4 is 22.8 Å². The topological polar surface area (TPSA) is 112 Å². The molecule has 1 amide bonds. The Morgan fingerprint density at radius 1 is 1.21 bits per heavy atom. The lowest BCUT2D eigenvalue weighted by Crippen LogP contribution is -2.26. The maximum atomic E-state index is 12.2. The highest BCUT2D eigenvalue weighted by molar-refractivity contribution is 6.02. The smallest absolute Gasteiger partial charge is 0.321 e. The molecular weight excluding hydrogens is 430 g/mol. The molecule has 9 nitrogen and oxygen atoms in total. The zero-order chi connectivity index (χ0) is 23.7. The number of carbonyl (C=O) groups excluding carboxylic acids is 1. The normalized spacial score (nSPS) is 15.6. The maximum Gasteiger partial charge on any atom is 0.321 e. The summed E-state index contributed by atoms with van der Waals surface area (Å²) >= 11 is 0. The quantitative estimate of drug-likeness (QED) is 0.440. The fourth-order valence-corrected chi connectivity index (χ4v) is 4.69. The molecule has 0 saturated carbocycles. The number of nitrogen functional groups attached to an aromatic ring is 1. The van der Waals surface area contributed by atoms with E-state index < -0.39 is 0 Å². The average Bonchev–Trinajstić information content (AvgIpc) is 3.48. The van der Waals surface area contributed by atoms with Crippen molar-refractivity contribution in [1.29, 1.82) is 0 Å². The molecule has 9 heteroatoms. The number of amides is 1. The number of aryl methyl sites for hydroxylation is 1. The van der Waals surface area contributed by atoms with E-state index in [0.29, 0.717) is 24.7 Å². The first-order valence-electron chi connectivity index (χ1n) is 11.2. The molecule has 4 aromatic rings. The van der Waals surface area contributed by atoms with E-state index in [9.17, 15) is 4.79 Å². The van der Waals surface area contributed by atoms with Crippen molar-refractivity contribution in [3.05, 3.63) is 67.4 Å². The Morgan fingerprint density at radius 2 is 1.97 bits per heavy atom. The van der Waals surface area contributed by atoms with Crippen molar-refractivity contribution in [2.24, 2.45) is 0 Å². The van der Waals surface area contributed by atoms with E-state index in [-0.39, 0.29) is 17.8 Å². The first kappa shape index (κ1) is 21.6. The number of carbonyl (C=O) groups is 1. The molecule has 3 aromatic heterocycles. The number of nitrogens with zero attached hydrogens (tertiary/aromatic N) is 6. The lowest BCUT2D eigenvalue weighted by atomic mass is 9.94. The van der Waals surface area contributed by atoms with Crippen molar-refractivity contribution in [2.75, 3.05) is 18.8 Å². The average molecular weight is 456 g/mol. The van der Waals surface area contributed by atoms with E-state index in [1.165, 1.54) is 12.4 Å². The van der Waals surface area contributed by atoms with Gasteiger partial charge >= 0.3 is 6.01 Å². The van der Waals surface area contributed by atoms with Gasteiger partial charge in [0.15, 0.2) is 0 Å². The minimum Gasteiger partial charge on any atom is -0.424 e. The second-order valence-corrected chi connectivity index (χ2v) is 8.09. The zero-order valence-electron chi connectivity index (χ0n) is 18.9. The van der Waals surface area contributed by atoms with Gasteiger partial charge in [-0.3, -0.25) is 4.79 Å². The molecule has 1 aromatic carbocycles. The molecule has 1 aliphatic heterocycles. The first-order valence-corrected chi connectivity index (χ1v) is 11.2. The van der Waals surface area contributed by atoms with Crippen LogP contribution in [0.1, 0.15) is 25.0 Å². The second kappa shape index (κ2) is 8.93. The van der Waals surface area contributed by atoms with E-state index in [2.05, 4.69) is 38.0 Å². The lowest BCUT2D eigenvalue weighted by Gasteiger charge is -2.18. The van der Waals surface area contributed by atoms with Gasteiger partial charge in [-0.15, -0.1) is 0 Å². The predicted molar refractivity (Wildman–Crippen MR) is 129 cm³/mol. The Bertz CT molecular complexity index is 1350. The molecule has 4 heterocycles. The molecule has 1 fully saturated rings. The molecule has 34 heavy (non-hydrogen) atoms. The second-order valence-electron chi connectivity index (χ2n) is 8.09. The summed E-state index contributed by atoms with van der Waals surface area (Å²) in [6.45, 7) is 7.75. The number of rotatable bonds is 6. The molecule has 1 atom stereocenters. The van der Waals surface area contributed by atoms with Crippen molar-refractivity contribution in [1.82, 2.24) is 29.4 Å². The summed E-state index contributed by atoms with van der Waals surface area (Å²) in [7, 11) is 0. The van der Waals surface area contributed by atoms with Crippen molar-refractivity contribution < 1.29 is 9.53 Å². The number of nitrogens with two attached hydrogens (primary N) is 1. The van der Waals surface area contributed by atoms with Gasteiger partial charge in [0.2, 0.25) is 5.91 Å². The molecule has 0 radical (unpaired) electrons. The third-order valence-electron chi connectivity index (χ3n) is 6.18. The molecule has 0 aliphatic carbocycles. The van der Waals surface area contributed by atoms with Crippen LogP contribution in [-0.4, -0.2) is 48.4 Å². The minimum absolute atomic E-state index is 0.0489. The predicted octanol–water partition coefficient (Wildman–Crippen LogP) is 3.78. The number of ether oxygens (including phenoxy) is 1. The van der Waals surface area contributed by atoms with E-state index in [1.54, 1.807) is 18.5 Å². The van der Waals surface area contributed by atoms with Crippen LogP contribution >= 0.6 is 0 Å². The van der Waals surface area contributed by atoms with E-state index in [4.69, 9.17) is 10.5 Å². The highest BCUT2D eigenvalue weighted by Crippen LogP contribution is 2.43. The number of hydrogen-bond donors (Lipinski definition) is 1. The Kier molecular flexibility index (Phi) is 5.67. The SMILES string of the molecule is C=CC(=O)N1CCC(c2c(-c3ccc(Oc4ncccn4)cc3)c3c(N)ncnc3n2CC)C1. The number of hydrogen-bond acceptors (Lipinski definition) is 7. The van der Waals surface area contributed by atoms with E-state index >= 15 is 0 Å². The summed E-state index contributed by atoms with van der Waals surface area (Å²) < 4.78 is 7.95. The number of fused-ring (bicyclic) bond motifs is 1. The van der Waals surface area contributed by atoms with Crippen LogP contribution in [-0.2, 0) is 11.3 Å². The number of anilines is 1. The van der Waals surface area contributed by atoms with Crippen LogP contribution in [0.15, 0.2) is 61.7 Å². The van der Waals surface area contributed by atoms with Gasteiger partial charge in [-0.25, -0.2) is 19.9 Å². The van der Waals surface area contributed by atoms with Gasteiger partial charge in [-0.2, -0.15) is 0 Å². The van der Waals surface area contributed by atoms with Gasteiger partial charge in [-0.1, -0.05) is 18.7 Å². The summed E-state index contributed by atoms with van der Waals surface area (Å²) in [5, 5.41) is 0.827. The van der Waals surface area contributed by atoms with Gasteiger partial charge in [-0.05, 0) is 43.2 Å². The fourth-order valence-electron chi connectivity index (χ4n) is 4.69. The van der Waals surface area contributed by atoms with Crippen LogP contribution in [0.25, 0.3) is 22.2 Å². The van der Waals surface area contributed by atoms with E-state index in [0.717, 1.165) is 40.8 Å². The third kappa shape index (κ3) is 3.75. The monoisotopic (exact) mass is 455 g/mol. The maximum absolute atomic E-state index is 12.2. The van der Waals surface area contributed by atoms with E-state index in [1.807, 2.05) is 29.2 Å². The summed E-state index contributed by atoms with van der Waals surface area (Å²) in [4.78, 5) is 31.1. The van der Waals surface area contributed by atoms with Crippen molar-refractivity contribution in [3.8, 4) is 22.9 Å². The summed E-state index contributed by atoms with van der Waals surface area (Å²) in [5.74, 6) is 1.15. The van der Waals surface area contributed by atoms with Crippen LogP contribution < -0.4 is 10.5 Å². The zero-order valence-corrected chi connectivity index (χ0v) is 18.9. The molecule has 1 unspecified atom stereocenters. The highest BCUT2D eigenvalue weighted by Gasteiger charge is 2.33. The first-order chi connectivity index (χ1) is 16.6. The number of aromatic nitrogens is 5. The Hall–Kier alpha value is -4.27. The lowest BCUT2D eigenvalue weighted by molar-refractivity contribution is -0.125. The fraction of sp³-hybridized carbons (Fsp3) is 0.240. The van der Waals surface area contributed by atoms with Crippen LogP contribution in [0.4, 0.5) is 5.82 Å². The highest BCUT2D eigenvalue weighted by atomic mass is 16.5. The summed E-state index contributed by atoms with van der Waals surface area (Å²) in [6.07, 6.45) is 6.98. The molecule has 172 valence electrons. The molecule has 1 saturated heterocycles. The molecule has 0 bridgehead atoms. The van der Waals surface area contributed by atoms with Crippen LogP contribution in [0, 0.1) is 0 Å². The van der Waals surface area contributed by atoms with Gasteiger partial charge in [0, 0.05) is 49.2 Å². The standard InChI is InChI=1S/C25H25N7O2/c1-3-19(33)31-13-10-17(14-31)22-20(21-23(26)29-15-30-24(21)32(22)4-2)16-6-8-18(9-7-16)34-25-27-11-5-12-28-25/h3,5-9,11-12,15,17H,1,4,10,13-14H2,2H3,(H2,26,29,30). The largest absolute Gasteiger partial charge is 0.424 e. The molecule has 5 rings (SSSR count). The molecule has 1 aliphatic rings. The minimum atomic E-state index is -0.0489. The van der Waals surface area contributed by atoms with Crippen molar-refractivity contribution in [2.45, 2.75) is 25.8 Å². The summed E-state index contributed by atoms with van der Waals surface area (Å²) in [6, 6.07) is 9.77. The Labute approximate surface area is 196 Å². The Balaban J connectivity index is 1.61. The third-order valence-corrected chi connectivity index (χ3v) is 6.18. The molecule has 0 spiro atoms. The number of likely N-dealkylation sites (tertiary alicyclic amines) is 1. The van der Waals surface area contributed by atoms with Gasteiger partial charge in [0.1, 0.15) is 23.5 Å². The van der Waals surface area contributed by atoms with Gasteiger partial charge < -0.3 is 19.9 Å².